The lowest BCUT2D eigenvalue weighted by atomic mass is 10.3. The highest BCUT2D eigenvalue weighted by Crippen LogP contribution is 2.19. The second kappa shape index (κ2) is 5.90. The molecule has 6 nitrogen and oxygen atoms in total. The number of nitrogens with zero attached hydrogens (tertiary/aromatic N) is 1. The molecule has 1 saturated heterocycles. The zero-order valence-electron chi connectivity index (χ0n) is 10.7. The third-order valence-electron chi connectivity index (χ3n) is 2.91. The number of carbonyl (C=O) groups is 1. The van der Waals surface area contributed by atoms with Crippen molar-refractivity contribution in [2.24, 2.45) is 0 Å². The van der Waals surface area contributed by atoms with Crippen LogP contribution in [0.5, 0.6) is 0 Å². The van der Waals surface area contributed by atoms with E-state index >= 15 is 0 Å². The molecule has 1 aromatic rings. The number of hydrogen-bond acceptors (Lipinski definition) is 3. The monoisotopic (exact) mass is 323 g/mol. The predicted octanol–water partition coefficient (Wildman–Crippen LogP) is 0.407. The molecule has 0 bridgehead atoms. The lowest BCUT2D eigenvalue weighted by Gasteiger charge is -2.14. The van der Waals surface area contributed by atoms with Crippen molar-refractivity contribution in [3.05, 3.63) is 29.6 Å². The Morgan fingerprint density at radius 2 is 1.95 bits per heavy atom. The van der Waals surface area contributed by atoms with E-state index in [1.807, 2.05) is 4.72 Å². The largest absolute Gasteiger partial charge is 0.336 e. The van der Waals surface area contributed by atoms with Gasteiger partial charge in [-0.2, -0.15) is 0 Å². The fraction of sp³-hybridized carbons (Fsp3) is 0.364. The standard InChI is InChI=1S/C11H12F3N3O3S/c12-7-1-2-8(10(14)9(7)13)21(19,20)16-4-6-17-5-3-15-11(17)18/h1-2,16H,3-6H2,(H,15,18). The Hall–Kier alpha value is -1.81. The lowest BCUT2D eigenvalue weighted by Crippen LogP contribution is -2.37. The van der Waals surface area contributed by atoms with Crippen molar-refractivity contribution in [2.75, 3.05) is 26.2 Å². The molecule has 0 atom stereocenters. The molecule has 1 aliphatic rings. The van der Waals surface area contributed by atoms with Crippen molar-refractivity contribution in [1.82, 2.24) is 14.9 Å². The normalized spacial score (nSPS) is 15.4. The average Bonchev–Trinajstić information content (AvgIpc) is 2.81. The third-order valence-corrected chi connectivity index (χ3v) is 4.39. The summed E-state index contributed by atoms with van der Waals surface area (Å²) < 4.78 is 64.9. The number of carbonyl (C=O) groups excluding carboxylic acids is 1. The maximum Gasteiger partial charge on any atom is 0.317 e. The van der Waals surface area contributed by atoms with Crippen LogP contribution in [0.1, 0.15) is 0 Å². The molecule has 0 saturated carbocycles. The Morgan fingerprint density at radius 3 is 2.57 bits per heavy atom. The van der Waals surface area contributed by atoms with E-state index in [0.29, 0.717) is 25.2 Å². The molecular formula is C11H12F3N3O3S. The molecule has 1 fully saturated rings. The smallest absolute Gasteiger partial charge is 0.317 e. The molecule has 1 heterocycles. The van der Waals surface area contributed by atoms with E-state index in [1.54, 1.807) is 0 Å². The number of benzene rings is 1. The summed E-state index contributed by atoms with van der Waals surface area (Å²) in [5.74, 6) is -5.10. The summed E-state index contributed by atoms with van der Waals surface area (Å²) in [4.78, 5) is 11.6. The quantitative estimate of drug-likeness (QED) is 0.770. The Kier molecular flexibility index (Phi) is 4.37. The van der Waals surface area contributed by atoms with E-state index in [2.05, 4.69) is 5.32 Å². The number of nitrogens with one attached hydrogen (secondary N) is 2. The first-order valence-corrected chi connectivity index (χ1v) is 7.47. The Labute approximate surface area is 119 Å². The topological polar surface area (TPSA) is 78.5 Å². The molecule has 116 valence electrons. The van der Waals surface area contributed by atoms with E-state index in [-0.39, 0.29) is 19.1 Å². The second-order valence-electron chi connectivity index (χ2n) is 4.29. The molecule has 2 amide bonds. The first-order chi connectivity index (χ1) is 9.83. The van der Waals surface area contributed by atoms with Crippen LogP contribution in [0.3, 0.4) is 0 Å². The maximum absolute atomic E-state index is 13.4. The van der Waals surface area contributed by atoms with Crippen LogP contribution in [0.15, 0.2) is 17.0 Å². The number of halogens is 3. The summed E-state index contributed by atoms with van der Waals surface area (Å²) in [6.45, 7) is 0.800. The summed E-state index contributed by atoms with van der Waals surface area (Å²) in [6.07, 6.45) is 0. The molecule has 0 unspecified atom stereocenters. The lowest BCUT2D eigenvalue weighted by molar-refractivity contribution is 0.218. The minimum absolute atomic E-state index is 0.0797. The van der Waals surface area contributed by atoms with Crippen molar-refractivity contribution in [3.63, 3.8) is 0 Å². The number of sulfonamides is 1. The molecule has 0 spiro atoms. The molecule has 0 aromatic heterocycles. The van der Waals surface area contributed by atoms with E-state index in [9.17, 15) is 26.4 Å². The van der Waals surface area contributed by atoms with Crippen LogP contribution < -0.4 is 10.0 Å². The van der Waals surface area contributed by atoms with Gasteiger partial charge >= 0.3 is 6.03 Å². The summed E-state index contributed by atoms with van der Waals surface area (Å²) in [6, 6.07) is 0.840. The molecule has 2 rings (SSSR count). The van der Waals surface area contributed by atoms with Crippen LogP contribution in [-0.4, -0.2) is 45.5 Å². The summed E-state index contributed by atoms with van der Waals surface area (Å²) >= 11 is 0. The number of amides is 2. The fourth-order valence-electron chi connectivity index (χ4n) is 1.83. The zero-order chi connectivity index (χ0) is 15.6. The van der Waals surface area contributed by atoms with Gasteiger partial charge in [0.25, 0.3) is 0 Å². The van der Waals surface area contributed by atoms with Crippen LogP contribution in [0.2, 0.25) is 0 Å². The van der Waals surface area contributed by atoms with Crippen molar-refractivity contribution in [2.45, 2.75) is 4.90 Å². The number of urea groups is 1. The Balaban J connectivity index is 2.05. The van der Waals surface area contributed by atoms with Crippen molar-refractivity contribution < 1.29 is 26.4 Å². The van der Waals surface area contributed by atoms with Gasteiger partial charge in [-0.1, -0.05) is 0 Å². The Bertz CT molecular complexity index is 666. The average molecular weight is 323 g/mol. The molecule has 1 aromatic carbocycles. The summed E-state index contributed by atoms with van der Waals surface area (Å²) in [7, 11) is -4.33. The van der Waals surface area contributed by atoms with Crippen LogP contribution in [0, 0.1) is 17.5 Å². The van der Waals surface area contributed by atoms with Gasteiger partial charge in [-0.05, 0) is 12.1 Å². The Morgan fingerprint density at radius 1 is 1.24 bits per heavy atom. The van der Waals surface area contributed by atoms with Gasteiger partial charge in [0.15, 0.2) is 17.5 Å². The molecule has 21 heavy (non-hydrogen) atoms. The van der Waals surface area contributed by atoms with Gasteiger partial charge in [-0.15, -0.1) is 0 Å². The van der Waals surface area contributed by atoms with Crippen molar-refractivity contribution in [3.8, 4) is 0 Å². The number of hydrogen-bond donors (Lipinski definition) is 2. The zero-order valence-corrected chi connectivity index (χ0v) is 11.5. The van der Waals surface area contributed by atoms with Gasteiger partial charge < -0.3 is 10.2 Å². The minimum Gasteiger partial charge on any atom is -0.336 e. The first-order valence-electron chi connectivity index (χ1n) is 5.99. The SMILES string of the molecule is O=C1NCCN1CCNS(=O)(=O)c1ccc(F)c(F)c1F. The van der Waals surface area contributed by atoms with Crippen LogP contribution in [0.25, 0.3) is 0 Å². The van der Waals surface area contributed by atoms with Crippen molar-refractivity contribution >= 4 is 16.1 Å². The van der Waals surface area contributed by atoms with Gasteiger partial charge in [-0.25, -0.2) is 31.1 Å². The highest BCUT2D eigenvalue weighted by molar-refractivity contribution is 7.89. The van der Waals surface area contributed by atoms with E-state index in [0.717, 1.165) is 0 Å². The van der Waals surface area contributed by atoms with Gasteiger partial charge in [0.1, 0.15) is 4.90 Å². The maximum atomic E-state index is 13.4. The van der Waals surface area contributed by atoms with Crippen LogP contribution in [-0.2, 0) is 10.0 Å². The van der Waals surface area contributed by atoms with Crippen molar-refractivity contribution in [1.29, 1.82) is 0 Å². The molecule has 0 radical (unpaired) electrons. The third kappa shape index (κ3) is 3.27. The summed E-state index contributed by atoms with van der Waals surface area (Å²) in [5.41, 5.74) is 0. The van der Waals surface area contributed by atoms with Gasteiger partial charge in [-0.3, -0.25) is 0 Å². The van der Waals surface area contributed by atoms with Crippen LogP contribution >= 0.6 is 0 Å². The summed E-state index contributed by atoms with van der Waals surface area (Å²) in [5, 5.41) is 2.53. The second-order valence-corrected chi connectivity index (χ2v) is 6.03. The van der Waals surface area contributed by atoms with E-state index in [1.165, 1.54) is 4.90 Å². The van der Waals surface area contributed by atoms with Gasteiger partial charge in [0.2, 0.25) is 10.0 Å². The molecule has 2 N–H and O–H groups in total. The predicted molar refractivity (Wildman–Crippen MR) is 66.5 cm³/mol. The fourth-order valence-corrected chi connectivity index (χ4v) is 2.92. The highest BCUT2D eigenvalue weighted by Gasteiger charge is 2.25. The first kappa shape index (κ1) is 15.6. The van der Waals surface area contributed by atoms with Gasteiger partial charge in [0.05, 0.1) is 0 Å². The molecule has 10 heteroatoms. The van der Waals surface area contributed by atoms with E-state index < -0.39 is 32.4 Å². The highest BCUT2D eigenvalue weighted by atomic mass is 32.2. The molecule has 1 aliphatic heterocycles. The number of rotatable bonds is 5. The van der Waals surface area contributed by atoms with Gasteiger partial charge in [0, 0.05) is 26.2 Å². The van der Waals surface area contributed by atoms with E-state index in [4.69, 9.17) is 0 Å². The molecule has 0 aliphatic carbocycles. The molecular weight excluding hydrogens is 311 g/mol. The minimum atomic E-state index is -4.33. The van der Waals surface area contributed by atoms with Crippen LogP contribution in [0.4, 0.5) is 18.0 Å².